The van der Waals surface area contributed by atoms with Crippen LogP contribution in [-0.4, -0.2) is 42.5 Å². The van der Waals surface area contributed by atoms with Gasteiger partial charge >= 0.3 is 0 Å². The van der Waals surface area contributed by atoms with E-state index in [1.807, 2.05) is 0 Å². The highest BCUT2D eigenvalue weighted by Crippen LogP contribution is 2.27. The van der Waals surface area contributed by atoms with Crippen molar-refractivity contribution in [3.05, 3.63) is 23.7 Å². The second-order valence-electron chi connectivity index (χ2n) is 5.66. The van der Waals surface area contributed by atoms with Gasteiger partial charge in [-0.25, -0.2) is 0 Å². The van der Waals surface area contributed by atoms with Crippen LogP contribution >= 0.6 is 0 Å². The Kier molecular flexibility index (Phi) is 3.96. The van der Waals surface area contributed by atoms with Gasteiger partial charge in [0.15, 0.2) is 5.76 Å². The summed E-state index contributed by atoms with van der Waals surface area (Å²) < 4.78 is 10.5. The summed E-state index contributed by atoms with van der Waals surface area (Å²) in [6.07, 6.45) is 4.06. The van der Waals surface area contributed by atoms with Gasteiger partial charge in [0.05, 0.1) is 6.04 Å². The third-order valence-electron chi connectivity index (χ3n) is 4.21. The number of carbonyl (C=O) groups is 2. The number of piperazine rings is 1. The van der Waals surface area contributed by atoms with Crippen LogP contribution < -0.4 is 5.32 Å². The molecule has 2 fully saturated rings. The summed E-state index contributed by atoms with van der Waals surface area (Å²) in [4.78, 5) is 26.1. The van der Waals surface area contributed by atoms with Crippen LogP contribution in [0, 0.1) is 0 Å². The number of nitrogens with one attached hydrogen (secondary N) is 1. The number of methoxy groups -OCH3 is 1. The number of rotatable bonds is 3. The molecule has 0 spiro atoms. The molecule has 1 saturated carbocycles. The average molecular weight is 292 g/mol. The lowest BCUT2D eigenvalue weighted by Crippen LogP contribution is -2.62. The second kappa shape index (κ2) is 5.89. The van der Waals surface area contributed by atoms with Crippen molar-refractivity contribution in [2.75, 3.05) is 13.7 Å². The molecule has 1 aromatic rings. The van der Waals surface area contributed by atoms with Crippen molar-refractivity contribution in [1.29, 1.82) is 0 Å². The van der Waals surface area contributed by atoms with Gasteiger partial charge in [-0.2, -0.15) is 0 Å². The number of ether oxygens (including phenoxy) is 1. The van der Waals surface area contributed by atoms with E-state index in [-0.39, 0.29) is 36.2 Å². The number of hydrogen-bond acceptors (Lipinski definition) is 4. The van der Waals surface area contributed by atoms with Crippen LogP contribution in [0.1, 0.15) is 42.0 Å². The van der Waals surface area contributed by atoms with E-state index >= 15 is 0 Å². The molecule has 2 amide bonds. The van der Waals surface area contributed by atoms with Crippen molar-refractivity contribution < 1.29 is 18.7 Å². The number of carbonyl (C=O) groups excluding carboxylic acids is 2. The Morgan fingerprint density at radius 3 is 3.05 bits per heavy atom. The lowest BCUT2D eigenvalue weighted by molar-refractivity contribution is -0.127. The highest BCUT2D eigenvalue weighted by atomic mass is 16.5. The molecule has 0 unspecified atom stereocenters. The molecule has 1 aliphatic carbocycles. The van der Waals surface area contributed by atoms with Gasteiger partial charge in [-0.3, -0.25) is 9.59 Å². The number of furan rings is 1. The SMILES string of the molecule is COCc1ccc(C(=O)N2CC(=O)N[C@@H]3CCCC[C@@H]32)o1. The smallest absolute Gasteiger partial charge is 0.290 e. The number of amides is 2. The standard InChI is InChI=1S/C15H20N2O4/c1-20-9-10-6-7-13(21-10)15(19)17-8-14(18)16-11-4-2-3-5-12(11)17/h6-7,11-12H,2-5,8-9H2,1H3,(H,16,18)/t11-,12+/m1/s1. The second-order valence-corrected chi connectivity index (χ2v) is 5.66. The van der Waals surface area contributed by atoms with E-state index in [2.05, 4.69) is 5.32 Å². The Labute approximate surface area is 123 Å². The van der Waals surface area contributed by atoms with E-state index in [9.17, 15) is 9.59 Å². The van der Waals surface area contributed by atoms with Crippen molar-refractivity contribution >= 4 is 11.8 Å². The highest BCUT2D eigenvalue weighted by molar-refractivity contribution is 5.95. The summed E-state index contributed by atoms with van der Waals surface area (Å²) in [5.41, 5.74) is 0. The van der Waals surface area contributed by atoms with Crippen molar-refractivity contribution in [1.82, 2.24) is 10.2 Å². The third kappa shape index (κ3) is 2.81. The van der Waals surface area contributed by atoms with Crippen LogP contribution in [-0.2, 0) is 16.1 Å². The molecule has 6 nitrogen and oxygen atoms in total. The van der Waals surface area contributed by atoms with Crippen molar-refractivity contribution in [3.8, 4) is 0 Å². The summed E-state index contributed by atoms with van der Waals surface area (Å²) in [6, 6.07) is 3.55. The minimum absolute atomic E-state index is 0.0809. The van der Waals surface area contributed by atoms with E-state index < -0.39 is 0 Å². The van der Waals surface area contributed by atoms with Crippen molar-refractivity contribution in [3.63, 3.8) is 0 Å². The van der Waals surface area contributed by atoms with Gasteiger partial charge in [0.25, 0.3) is 5.91 Å². The zero-order chi connectivity index (χ0) is 14.8. The van der Waals surface area contributed by atoms with E-state index in [1.165, 1.54) is 0 Å². The quantitative estimate of drug-likeness (QED) is 0.911. The Bertz CT molecular complexity index is 540. The van der Waals surface area contributed by atoms with Gasteiger partial charge in [0, 0.05) is 13.2 Å². The minimum atomic E-state index is -0.205. The maximum Gasteiger partial charge on any atom is 0.290 e. The fraction of sp³-hybridized carbons (Fsp3) is 0.600. The van der Waals surface area contributed by atoms with E-state index in [1.54, 1.807) is 24.1 Å². The van der Waals surface area contributed by atoms with Crippen LogP contribution in [0.15, 0.2) is 16.5 Å². The van der Waals surface area contributed by atoms with Gasteiger partial charge in [-0.05, 0) is 25.0 Å². The van der Waals surface area contributed by atoms with Crippen LogP contribution in [0.5, 0.6) is 0 Å². The summed E-state index contributed by atoms with van der Waals surface area (Å²) in [5, 5.41) is 3.00. The Morgan fingerprint density at radius 2 is 2.24 bits per heavy atom. The predicted octanol–water partition coefficient (Wildman–Crippen LogP) is 1.31. The zero-order valence-electron chi connectivity index (χ0n) is 12.1. The lowest BCUT2D eigenvalue weighted by atomic mass is 9.87. The predicted molar refractivity (Wildman–Crippen MR) is 74.6 cm³/mol. The molecular formula is C15H20N2O4. The average Bonchev–Trinajstić information content (AvgIpc) is 2.94. The molecule has 1 N–H and O–H groups in total. The van der Waals surface area contributed by atoms with Gasteiger partial charge in [0.2, 0.25) is 5.91 Å². The van der Waals surface area contributed by atoms with Gasteiger partial charge in [-0.1, -0.05) is 12.8 Å². The zero-order valence-corrected chi connectivity index (χ0v) is 12.1. The van der Waals surface area contributed by atoms with E-state index in [0.29, 0.717) is 12.4 Å². The Hall–Kier alpha value is -1.82. The fourth-order valence-electron chi connectivity index (χ4n) is 3.25. The normalized spacial score (nSPS) is 25.4. The topological polar surface area (TPSA) is 71.8 Å². The first-order chi connectivity index (χ1) is 10.2. The van der Waals surface area contributed by atoms with Crippen LogP contribution in [0.25, 0.3) is 0 Å². The fourth-order valence-corrected chi connectivity index (χ4v) is 3.25. The maximum atomic E-state index is 12.6. The molecule has 2 atom stereocenters. The Balaban J connectivity index is 1.79. The monoisotopic (exact) mass is 292 g/mol. The van der Waals surface area contributed by atoms with Crippen molar-refractivity contribution in [2.45, 2.75) is 44.4 Å². The van der Waals surface area contributed by atoms with Crippen LogP contribution in [0.2, 0.25) is 0 Å². The first kappa shape index (κ1) is 14.1. The van der Waals surface area contributed by atoms with Crippen molar-refractivity contribution in [2.24, 2.45) is 0 Å². The largest absolute Gasteiger partial charge is 0.453 e. The number of nitrogens with zero attached hydrogens (tertiary/aromatic N) is 1. The maximum absolute atomic E-state index is 12.6. The molecule has 0 radical (unpaired) electrons. The van der Waals surface area contributed by atoms with Gasteiger partial charge in [-0.15, -0.1) is 0 Å². The molecule has 3 rings (SSSR count). The summed E-state index contributed by atoms with van der Waals surface area (Å²) >= 11 is 0. The molecule has 1 aliphatic heterocycles. The summed E-state index contributed by atoms with van der Waals surface area (Å²) in [6.45, 7) is 0.445. The molecule has 114 valence electrons. The lowest BCUT2D eigenvalue weighted by Gasteiger charge is -2.43. The molecule has 0 bridgehead atoms. The van der Waals surface area contributed by atoms with Crippen LogP contribution in [0.4, 0.5) is 0 Å². The molecule has 0 aromatic carbocycles. The minimum Gasteiger partial charge on any atom is -0.453 e. The molecular weight excluding hydrogens is 272 g/mol. The third-order valence-corrected chi connectivity index (χ3v) is 4.21. The number of fused-ring (bicyclic) bond motifs is 1. The molecule has 1 saturated heterocycles. The molecule has 6 heteroatoms. The molecule has 2 aliphatic rings. The Morgan fingerprint density at radius 1 is 1.43 bits per heavy atom. The van der Waals surface area contributed by atoms with Gasteiger partial charge in [0.1, 0.15) is 18.9 Å². The first-order valence-corrected chi connectivity index (χ1v) is 7.37. The molecule has 21 heavy (non-hydrogen) atoms. The number of hydrogen-bond donors (Lipinski definition) is 1. The summed E-state index contributed by atoms with van der Waals surface area (Å²) in [5.74, 6) is 0.600. The molecule has 1 aromatic heterocycles. The van der Waals surface area contributed by atoms with Gasteiger partial charge < -0.3 is 19.4 Å². The van der Waals surface area contributed by atoms with E-state index in [0.717, 1.165) is 25.7 Å². The summed E-state index contributed by atoms with van der Waals surface area (Å²) in [7, 11) is 1.58. The molecule has 2 heterocycles. The van der Waals surface area contributed by atoms with E-state index in [4.69, 9.17) is 9.15 Å². The first-order valence-electron chi connectivity index (χ1n) is 7.37. The van der Waals surface area contributed by atoms with Crippen LogP contribution in [0.3, 0.4) is 0 Å². The highest BCUT2D eigenvalue weighted by Gasteiger charge is 2.39.